The first-order valence-corrected chi connectivity index (χ1v) is 12.0. The number of hydrogen-bond acceptors (Lipinski definition) is 8. The van der Waals surface area contributed by atoms with Crippen LogP contribution in [0.25, 0.3) is 17.2 Å². The van der Waals surface area contributed by atoms with E-state index >= 15 is 0 Å². The highest BCUT2D eigenvalue weighted by molar-refractivity contribution is 5.89. The van der Waals surface area contributed by atoms with Crippen molar-refractivity contribution >= 4 is 5.91 Å². The van der Waals surface area contributed by atoms with Crippen molar-refractivity contribution < 1.29 is 9.32 Å². The van der Waals surface area contributed by atoms with Gasteiger partial charge in [0.2, 0.25) is 5.82 Å². The zero-order valence-corrected chi connectivity index (χ0v) is 20.4. The van der Waals surface area contributed by atoms with Crippen LogP contribution < -0.4 is 16.6 Å². The van der Waals surface area contributed by atoms with Crippen molar-refractivity contribution in [3.8, 4) is 17.2 Å². The molecule has 3 heterocycles. The molecule has 1 unspecified atom stereocenters. The van der Waals surface area contributed by atoms with Crippen LogP contribution in [0.5, 0.6) is 0 Å². The van der Waals surface area contributed by atoms with E-state index in [2.05, 4.69) is 32.4 Å². The van der Waals surface area contributed by atoms with E-state index < -0.39 is 17.2 Å². The maximum Gasteiger partial charge on any atom is 0.352 e. The van der Waals surface area contributed by atoms with Gasteiger partial charge in [-0.15, -0.1) is 0 Å². The summed E-state index contributed by atoms with van der Waals surface area (Å²) in [5, 5.41) is 10.8. The minimum Gasteiger partial charge on any atom is -0.348 e. The normalized spacial score (nSPS) is 16.4. The molecule has 0 spiro atoms. The van der Waals surface area contributed by atoms with Crippen molar-refractivity contribution in [1.82, 2.24) is 34.7 Å². The van der Waals surface area contributed by atoms with Crippen LogP contribution >= 0.6 is 0 Å². The lowest BCUT2D eigenvalue weighted by Crippen LogP contribution is -2.41. The van der Waals surface area contributed by atoms with E-state index in [1.807, 2.05) is 19.1 Å². The molecule has 11 heteroatoms. The van der Waals surface area contributed by atoms with Crippen LogP contribution in [-0.2, 0) is 6.54 Å². The molecule has 0 aliphatic carbocycles. The van der Waals surface area contributed by atoms with Crippen LogP contribution in [0.3, 0.4) is 0 Å². The van der Waals surface area contributed by atoms with Crippen LogP contribution in [0.4, 0.5) is 0 Å². The van der Waals surface area contributed by atoms with Crippen molar-refractivity contribution in [2.75, 3.05) is 26.2 Å². The topological polar surface area (TPSA) is 128 Å². The molecule has 0 radical (unpaired) electrons. The molecule has 35 heavy (non-hydrogen) atoms. The van der Waals surface area contributed by atoms with E-state index in [-0.39, 0.29) is 24.0 Å². The zero-order valence-electron chi connectivity index (χ0n) is 20.4. The summed E-state index contributed by atoms with van der Waals surface area (Å²) in [7, 11) is 0. The predicted octanol–water partition coefficient (Wildman–Crippen LogP) is 1.62. The van der Waals surface area contributed by atoms with Gasteiger partial charge in [-0.05, 0) is 64.3 Å². The first-order valence-electron chi connectivity index (χ1n) is 12.0. The molecule has 0 bridgehead atoms. The van der Waals surface area contributed by atoms with E-state index in [4.69, 9.17) is 4.52 Å². The number of carbonyl (C=O) groups is 1. The van der Waals surface area contributed by atoms with Crippen molar-refractivity contribution in [2.45, 2.75) is 46.6 Å². The van der Waals surface area contributed by atoms with Gasteiger partial charge in [0.25, 0.3) is 5.56 Å². The van der Waals surface area contributed by atoms with Crippen LogP contribution in [0.2, 0.25) is 0 Å². The summed E-state index contributed by atoms with van der Waals surface area (Å²) in [6.07, 6.45) is 3.29. The van der Waals surface area contributed by atoms with Gasteiger partial charge in [-0.25, -0.2) is 4.79 Å². The van der Waals surface area contributed by atoms with Gasteiger partial charge < -0.3 is 14.7 Å². The molecule has 1 saturated heterocycles. The zero-order chi connectivity index (χ0) is 24.9. The number of nitrogens with zero attached hydrogens (tertiary/aromatic N) is 6. The number of benzene rings is 1. The van der Waals surface area contributed by atoms with Crippen LogP contribution in [0.1, 0.15) is 49.4 Å². The molecule has 1 aromatic carbocycles. The fourth-order valence-corrected chi connectivity index (χ4v) is 4.27. The molecule has 1 N–H and O–H groups in total. The summed E-state index contributed by atoms with van der Waals surface area (Å²) in [5.41, 5.74) is 0.117. The summed E-state index contributed by atoms with van der Waals surface area (Å²) in [6.45, 7) is 9.59. The number of rotatable bonds is 8. The Kier molecular flexibility index (Phi) is 7.54. The SMILES string of the molecule is CCn1c(=O)c(-c2noc(C(=O)NCCCN3CCCC(C)C3)n2)nn(-c2ccc(C)cc2)c1=O. The Bertz CT molecular complexity index is 1290. The Morgan fingerprint density at radius 3 is 2.71 bits per heavy atom. The predicted molar refractivity (Wildman–Crippen MR) is 130 cm³/mol. The molecule has 1 aliphatic heterocycles. The van der Waals surface area contributed by atoms with E-state index in [1.54, 1.807) is 19.1 Å². The number of likely N-dealkylation sites (tertiary alicyclic amines) is 1. The van der Waals surface area contributed by atoms with Gasteiger partial charge >= 0.3 is 17.5 Å². The summed E-state index contributed by atoms with van der Waals surface area (Å²) in [5.74, 6) is -0.214. The number of carbonyl (C=O) groups excluding carboxylic acids is 1. The Labute approximate surface area is 202 Å². The van der Waals surface area contributed by atoms with E-state index in [0.717, 1.165) is 40.9 Å². The minimum atomic E-state index is -0.649. The third-order valence-corrected chi connectivity index (χ3v) is 6.16. The summed E-state index contributed by atoms with van der Waals surface area (Å²) in [4.78, 5) is 44.7. The molecule has 0 saturated carbocycles. The molecule has 1 aliphatic rings. The number of aromatic nitrogens is 5. The molecule has 1 fully saturated rings. The van der Waals surface area contributed by atoms with Gasteiger partial charge in [-0.3, -0.25) is 14.2 Å². The van der Waals surface area contributed by atoms with Gasteiger partial charge in [-0.1, -0.05) is 29.8 Å². The number of nitrogens with one attached hydrogen (secondary N) is 1. The Hall–Kier alpha value is -3.60. The van der Waals surface area contributed by atoms with Gasteiger partial charge in [0.1, 0.15) is 0 Å². The number of amides is 1. The number of hydrogen-bond donors (Lipinski definition) is 1. The maximum atomic E-state index is 12.9. The first-order chi connectivity index (χ1) is 16.9. The van der Waals surface area contributed by atoms with Gasteiger partial charge in [0, 0.05) is 19.6 Å². The third kappa shape index (κ3) is 5.56. The Morgan fingerprint density at radius 2 is 2.00 bits per heavy atom. The molecular weight excluding hydrogens is 450 g/mol. The Morgan fingerprint density at radius 1 is 1.23 bits per heavy atom. The largest absolute Gasteiger partial charge is 0.352 e. The van der Waals surface area contributed by atoms with Gasteiger partial charge in [0.05, 0.1) is 5.69 Å². The van der Waals surface area contributed by atoms with Crippen molar-refractivity contribution in [2.24, 2.45) is 5.92 Å². The van der Waals surface area contributed by atoms with E-state index in [0.29, 0.717) is 18.2 Å². The molecule has 11 nitrogen and oxygen atoms in total. The van der Waals surface area contributed by atoms with Crippen LogP contribution in [0, 0.1) is 12.8 Å². The highest BCUT2D eigenvalue weighted by Gasteiger charge is 2.22. The lowest BCUT2D eigenvalue weighted by molar-refractivity contribution is 0.0906. The smallest absolute Gasteiger partial charge is 0.348 e. The Balaban J connectivity index is 1.48. The highest BCUT2D eigenvalue weighted by atomic mass is 16.5. The standard InChI is InChI=1S/C24H31N7O4/c1-4-30-23(33)19(27-31(24(30)34)18-10-8-16(2)9-11-18)20-26-22(35-28-20)21(32)25-12-6-14-29-13-5-7-17(3)15-29/h8-11,17H,4-7,12-15H2,1-3H3,(H,25,32). The summed E-state index contributed by atoms with van der Waals surface area (Å²) < 4.78 is 7.27. The highest BCUT2D eigenvalue weighted by Crippen LogP contribution is 2.15. The summed E-state index contributed by atoms with van der Waals surface area (Å²) >= 11 is 0. The quantitative estimate of drug-likeness (QED) is 0.481. The molecule has 4 rings (SSSR count). The second-order valence-corrected chi connectivity index (χ2v) is 9.01. The molecular formula is C24H31N7O4. The summed E-state index contributed by atoms with van der Waals surface area (Å²) in [6, 6.07) is 7.15. The minimum absolute atomic E-state index is 0.139. The van der Waals surface area contributed by atoms with Crippen molar-refractivity contribution in [3.05, 3.63) is 56.6 Å². The van der Waals surface area contributed by atoms with Crippen LogP contribution in [0.15, 0.2) is 38.4 Å². The van der Waals surface area contributed by atoms with Gasteiger partial charge in [-0.2, -0.15) is 14.8 Å². The average Bonchev–Trinajstić information content (AvgIpc) is 3.33. The van der Waals surface area contributed by atoms with E-state index in [9.17, 15) is 14.4 Å². The third-order valence-electron chi connectivity index (χ3n) is 6.16. The molecule has 3 aromatic rings. The maximum absolute atomic E-state index is 12.9. The van der Waals surface area contributed by atoms with Crippen molar-refractivity contribution in [1.29, 1.82) is 0 Å². The first kappa shape index (κ1) is 24.5. The number of piperidine rings is 1. The van der Waals surface area contributed by atoms with E-state index in [1.165, 1.54) is 12.8 Å². The molecule has 1 atom stereocenters. The molecule has 186 valence electrons. The average molecular weight is 482 g/mol. The fourth-order valence-electron chi connectivity index (χ4n) is 4.27. The second-order valence-electron chi connectivity index (χ2n) is 9.01. The lowest BCUT2D eigenvalue weighted by atomic mass is 10.0. The van der Waals surface area contributed by atoms with Crippen LogP contribution in [-0.4, -0.2) is 61.5 Å². The van der Waals surface area contributed by atoms with Crippen molar-refractivity contribution in [3.63, 3.8) is 0 Å². The molecule has 1 amide bonds. The fraction of sp³-hybridized carbons (Fsp3) is 0.500. The lowest BCUT2D eigenvalue weighted by Gasteiger charge is -2.30. The number of aryl methyl sites for hydroxylation is 1. The monoisotopic (exact) mass is 481 g/mol. The second kappa shape index (κ2) is 10.8. The van der Waals surface area contributed by atoms with Gasteiger partial charge in [0.15, 0.2) is 5.69 Å². The molecule has 2 aromatic heterocycles.